The molecule has 1 atom stereocenters. The molecule has 2 aromatic rings. The van der Waals surface area contributed by atoms with Crippen molar-refractivity contribution in [2.24, 2.45) is 0 Å². The predicted octanol–water partition coefficient (Wildman–Crippen LogP) is 5.02. The highest BCUT2D eigenvalue weighted by atomic mass is 32.2. The van der Waals surface area contributed by atoms with E-state index in [0.717, 1.165) is 52.0 Å². The van der Waals surface area contributed by atoms with Crippen molar-refractivity contribution in [3.05, 3.63) is 58.7 Å². The highest BCUT2D eigenvalue weighted by Gasteiger charge is 2.31. The number of aliphatic carboxylic acids is 1. The van der Waals surface area contributed by atoms with Crippen molar-refractivity contribution in [3.63, 3.8) is 0 Å². The summed E-state index contributed by atoms with van der Waals surface area (Å²) >= 11 is 1.43. The maximum absolute atomic E-state index is 12.7. The molecule has 2 aromatic carbocycles. The number of benzene rings is 2. The van der Waals surface area contributed by atoms with Gasteiger partial charge in [0.25, 0.3) is 0 Å². The Morgan fingerprint density at radius 2 is 1.76 bits per heavy atom. The molecule has 1 amide bonds. The summed E-state index contributed by atoms with van der Waals surface area (Å²) in [5, 5.41) is 12.1. The second kappa shape index (κ2) is 12.2. The van der Waals surface area contributed by atoms with Gasteiger partial charge in [-0.3, -0.25) is 4.79 Å². The van der Waals surface area contributed by atoms with Gasteiger partial charge in [0.1, 0.15) is 12.6 Å². The lowest BCUT2D eigenvalue weighted by Gasteiger charge is -2.21. The molecule has 2 N–H and O–H groups in total. The normalized spacial score (nSPS) is 15.4. The zero-order valence-electron chi connectivity index (χ0n) is 21.0. The van der Waals surface area contributed by atoms with Crippen LogP contribution in [0.4, 0.5) is 4.79 Å². The number of Topliss-reactive ketones (excluding diaryl/α,β-unsaturated/α-hetero) is 1. The van der Waals surface area contributed by atoms with E-state index in [2.05, 4.69) is 5.32 Å². The fourth-order valence-electron chi connectivity index (χ4n) is 4.87. The Balaban J connectivity index is 1.45. The molecular formula is C28H31NO7S. The summed E-state index contributed by atoms with van der Waals surface area (Å²) in [6.07, 6.45) is 3.06. The maximum Gasteiger partial charge on any atom is 0.408 e. The number of rotatable bonds is 10. The van der Waals surface area contributed by atoms with Gasteiger partial charge in [0.15, 0.2) is 17.3 Å². The molecule has 0 spiro atoms. The van der Waals surface area contributed by atoms with E-state index >= 15 is 0 Å². The number of nitrogens with one attached hydrogen (secondary N) is 1. The zero-order chi connectivity index (χ0) is 26.4. The molecule has 8 nitrogen and oxygen atoms in total. The van der Waals surface area contributed by atoms with Gasteiger partial charge in [-0.05, 0) is 60.4 Å². The number of methoxy groups -OCH3 is 2. The van der Waals surface area contributed by atoms with Gasteiger partial charge in [0.05, 0.1) is 19.1 Å². The molecule has 0 aliphatic heterocycles. The summed E-state index contributed by atoms with van der Waals surface area (Å²) in [6, 6.07) is 10.1. The molecule has 4 rings (SSSR count). The summed E-state index contributed by atoms with van der Waals surface area (Å²) in [4.78, 5) is 37.5. The van der Waals surface area contributed by atoms with Crippen molar-refractivity contribution in [1.82, 2.24) is 5.32 Å². The minimum absolute atomic E-state index is 0.0561. The number of carbonyl (C=O) groups excluding carboxylic acids is 2. The van der Waals surface area contributed by atoms with Crippen molar-refractivity contribution in [2.75, 3.05) is 20.0 Å². The van der Waals surface area contributed by atoms with Gasteiger partial charge in [0, 0.05) is 17.7 Å². The third-order valence-electron chi connectivity index (χ3n) is 6.64. The van der Waals surface area contributed by atoms with E-state index in [9.17, 15) is 19.5 Å². The smallest absolute Gasteiger partial charge is 0.408 e. The lowest BCUT2D eigenvalue weighted by atomic mass is 9.95. The first-order valence-electron chi connectivity index (χ1n) is 12.3. The highest BCUT2D eigenvalue weighted by molar-refractivity contribution is 7.99. The van der Waals surface area contributed by atoms with E-state index in [4.69, 9.17) is 14.2 Å². The fraction of sp³-hybridized carbons (Fsp3) is 0.393. The number of carboxylic acids is 1. The molecule has 0 saturated heterocycles. The summed E-state index contributed by atoms with van der Waals surface area (Å²) in [6.45, 7) is 0.0561. The van der Waals surface area contributed by atoms with Crippen molar-refractivity contribution < 1.29 is 33.7 Å². The van der Waals surface area contributed by atoms with E-state index in [0.29, 0.717) is 30.1 Å². The standard InChI is InChI=1S/C28H31NO7S/c1-34-25-23(15-18-11-12-22(30)19-9-6-10-20(19)24(18)26(25)35-2)37-14-13-21(27(31)32)29-28(33)36-16-17-7-4-3-5-8-17/h3-5,7-8,15,21H,6,9-14,16H2,1-2H3,(H,29,33)(H,31,32). The topological polar surface area (TPSA) is 111 Å². The second-order valence-corrected chi connectivity index (χ2v) is 10.1. The van der Waals surface area contributed by atoms with Gasteiger partial charge in [-0.15, -0.1) is 11.8 Å². The number of allylic oxidation sites excluding steroid dienone is 2. The monoisotopic (exact) mass is 525 g/mol. The number of fused-ring (bicyclic) bond motifs is 2. The molecule has 1 unspecified atom stereocenters. The first-order chi connectivity index (χ1) is 17.9. The fourth-order valence-corrected chi connectivity index (χ4v) is 5.97. The average Bonchev–Trinajstić information content (AvgIpc) is 3.34. The van der Waals surface area contributed by atoms with Crippen LogP contribution in [0.25, 0.3) is 5.57 Å². The van der Waals surface area contributed by atoms with E-state index in [1.165, 1.54) is 11.8 Å². The molecule has 37 heavy (non-hydrogen) atoms. The lowest BCUT2D eigenvalue weighted by molar-refractivity contribution is -0.139. The molecule has 0 bridgehead atoms. The van der Waals surface area contributed by atoms with Gasteiger partial charge < -0.3 is 24.6 Å². The molecule has 2 aliphatic carbocycles. The maximum atomic E-state index is 12.7. The lowest BCUT2D eigenvalue weighted by Crippen LogP contribution is -2.41. The second-order valence-electron chi connectivity index (χ2n) is 8.94. The van der Waals surface area contributed by atoms with Gasteiger partial charge in [-0.2, -0.15) is 0 Å². The molecule has 0 heterocycles. The summed E-state index contributed by atoms with van der Waals surface area (Å²) in [7, 11) is 3.17. The van der Waals surface area contributed by atoms with Crippen LogP contribution in [0, 0.1) is 0 Å². The van der Waals surface area contributed by atoms with Crippen LogP contribution in [-0.4, -0.2) is 49.0 Å². The quantitative estimate of drug-likeness (QED) is 0.416. The van der Waals surface area contributed by atoms with Crippen LogP contribution >= 0.6 is 11.8 Å². The van der Waals surface area contributed by atoms with Crippen molar-refractivity contribution in [3.8, 4) is 11.5 Å². The van der Waals surface area contributed by atoms with E-state index in [-0.39, 0.29) is 18.8 Å². The van der Waals surface area contributed by atoms with Crippen LogP contribution in [-0.2, 0) is 27.4 Å². The van der Waals surface area contributed by atoms with E-state index < -0.39 is 18.1 Å². The van der Waals surface area contributed by atoms with Crippen LogP contribution < -0.4 is 14.8 Å². The van der Waals surface area contributed by atoms with Gasteiger partial charge >= 0.3 is 12.1 Å². The number of hydrogen-bond acceptors (Lipinski definition) is 7. The number of ether oxygens (including phenoxy) is 3. The molecular weight excluding hydrogens is 494 g/mol. The number of ketones is 1. The van der Waals surface area contributed by atoms with E-state index in [1.807, 2.05) is 36.4 Å². The molecule has 0 saturated carbocycles. The predicted molar refractivity (Wildman–Crippen MR) is 140 cm³/mol. The van der Waals surface area contributed by atoms with Gasteiger partial charge in [-0.1, -0.05) is 30.3 Å². The summed E-state index contributed by atoms with van der Waals surface area (Å²) in [5.74, 6) is 0.656. The number of hydrogen-bond donors (Lipinski definition) is 2. The first kappa shape index (κ1) is 26.6. The van der Waals surface area contributed by atoms with Crippen LogP contribution in [0.3, 0.4) is 0 Å². The van der Waals surface area contributed by atoms with Gasteiger partial charge in [0.2, 0.25) is 0 Å². The summed E-state index contributed by atoms with van der Waals surface area (Å²) in [5.41, 5.74) is 4.79. The molecule has 0 fully saturated rings. The summed E-state index contributed by atoms with van der Waals surface area (Å²) < 4.78 is 16.7. The molecule has 9 heteroatoms. The van der Waals surface area contributed by atoms with Gasteiger partial charge in [-0.25, -0.2) is 9.59 Å². The Hall–Kier alpha value is -3.46. The number of carbonyl (C=O) groups is 3. The molecule has 0 radical (unpaired) electrons. The Morgan fingerprint density at radius 1 is 1.03 bits per heavy atom. The third-order valence-corrected chi connectivity index (χ3v) is 7.69. The Morgan fingerprint density at radius 3 is 2.46 bits per heavy atom. The first-order valence-corrected chi connectivity index (χ1v) is 13.3. The average molecular weight is 526 g/mol. The van der Waals surface area contributed by atoms with E-state index in [1.54, 1.807) is 14.2 Å². The van der Waals surface area contributed by atoms with Crippen LogP contribution in [0.2, 0.25) is 0 Å². The number of alkyl carbamates (subject to hydrolysis) is 1. The number of carboxylic acid groups (broad SMARTS) is 1. The Labute approximate surface area is 220 Å². The molecule has 2 aliphatic rings. The SMILES string of the molecule is COc1c(SCCC(NC(=O)OCc2ccccc2)C(=O)O)cc2c(c1OC)C1=C(CCC1)C(=O)CC2. The van der Waals surface area contributed by atoms with Crippen LogP contribution in [0.1, 0.15) is 48.8 Å². The number of amides is 1. The van der Waals surface area contributed by atoms with Crippen LogP contribution in [0.15, 0.2) is 46.9 Å². The van der Waals surface area contributed by atoms with Crippen molar-refractivity contribution in [2.45, 2.75) is 56.1 Å². The van der Waals surface area contributed by atoms with Crippen molar-refractivity contribution >= 4 is 35.2 Å². The number of thioether (sulfide) groups is 1. The third kappa shape index (κ3) is 6.10. The Kier molecular flexibility index (Phi) is 8.76. The minimum Gasteiger partial charge on any atom is -0.492 e. The van der Waals surface area contributed by atoms with Crippen LogP contribution in [0.5, 0.6) is 11.5 Å². The zero-order valence-corrected chi connectivity index (χ0v) is 21.8. The minimum atomic E-state index is -1.14. The molecule has 0 aromatic heterocycles. The van der Waals surface area contributed by atoms with Crippen molar-refractivity contribution in [1.29, 1.82) is 0 Å². The highest BCUT2D eigenvalue weighted by Crippen LogP contribution is 2.50. The Bertz CT molecular complexity index is 1210. The number of aryl methyl sites for hydroxylation is 1. The largest absolute Gasteiger partial charge is 0.492 e. The molecule has 196 valence electrons.